The Hall–Kier alpha value is -1.99. The first-order chi connectivity index (χ1) is 17.9. The van der Waals surface area contributed by atoms with Crippen molar-refractivity contribution in [3.8, 4) is 0 Å². The summed E-state index contributed by atoms with van der Waals surface area (Å²) in [5.41, 5.74) is 2.69. The van der Waals surface area contributed by atoms with Crippen molar-refractivity contribution >= 4 is 34.7 Å². The molecule has 0 spiro atoms. The molecule has 0 aliphatic carbocycles. The molecule has 1 aromatic carbocycles. The van der Waals surface area contributed by atoms with Gasteiger partial charge in [0.1, 0.15) is 4.99 Å². The Morgan fingerprint density at radius 3 is 2.00 bits per heavy atom. The zero-order chi connectivity index (χ0) is 27.5. The van der Waals surface area contributed by atoms with Crippen molar-refractivity contribution < 1.29 is 14.8 Å². The Labute approximate surface area is 230 Å². The highest BCUT2D eigenvalue weighted by atomic mass is 32.1. The van der Waals surface area contributed by atoms with Crippen LogP contribution in [0.1, 0.15) is 111 Å². The van der Waals surface area contributed by atoms with Gasteiger partial charge in [0.2, 0.25) is 11.8 Å². The number of para-hydroxylation sites is 1. The monoisotopic (exact) mass is 533 g/mol. The molecule has 0 bridgehead atoms. The minimum Gasteiger partial charge on any atom is -0.346 e. The Bertz CT molecular complexity index is 775. The van der Waals surface area contributed by atoms with Crippen molar-refractivity contribution in [3.63, 3.8) is 0 Å². The largest absolute Gasteiger partial charge is 0.346 e. The molecular formula is C30H51N3O3S. The minimum absolute atomic E-state index is 0.0318. The third-order valence-corrected chi connectivity index (χ3v) is 7.73. The molecule has 0 aliphatic rings. The smallest absolute Gasteiger partial charge is 0.244 e. The predicted molar refractivity (Wildman–Crippen MR) is 158 cm³/mol. The van der Waals surface area contributed by atoms with Gasteiger partial charge in [0.15, 0.2) is 0 Å². The van der Waals surface area contributed by atoms with E-state index in [0.717, 1.165) is 31.4 Å². The fourth-order valence-corrected chi connectivity index (χ4v) is 5.19. The number of carbonyl (C=O) groups excluding carboxylic acids is 2. The van der Waals surface area contributed by atoms with Crippen molar-refractivity contribution in [2.24, 2.45) is 11.8 Å². The number of hydrogen-bond acceptors (Lipinski definition) is 4. The van der Waals surface area contributed by atoms with Gasteiger partial charge in [0.05, 0.1) is 6.04 Å². The van der Waals surface area contributed by atoms with Gasteiger partial charge in [0, 0.05) is 24.6 Å². The first-order valence-electron chi connectivity index (χ1n) is 14.5. The molecule has 0 saturated heterocycles. The number of hydroxylamine groups is 1. The van der Waals surface area contributed by atoms with Crippen LogP contribution in [0.25, 0.3) is 0 Å². The second-order valence-electron chi connectivity index (χ2n) is 10.2. The summed E-state index contributed by atoms with van der Waals surface area (Å²) in [6.45, 7) is 9.16. The quantitative estimate of drug-likeness (QED) is 0.0715. The van der Waals surface area contributed by atoms with Crippen molar-refractivity contribution in [1.29, 1.82) is 0 Å². The number of anilines is 1. The average molecular weight is 534 g/mol. The third-order valence-electron chi connectivity index (χ3n) is 7.26. The first-order valence-corrected chi connectivity index (χ1v) is 14.9. The number of hydrogen-bond donors (Lipinski definition) is 3. The van der Waals surface area contributed by atoms with Gasteiger partial charge in [0.25, 0.3) is 0 Å². The first kappa shape index (κ1) is 33.0. The van der Waals surface area contributed by atoms with Crippen molar-refractivity contribution in [1.82, 2.24) is 10.8 Å². The maximum absolute atomic E-state index is 13.4. The van der Waals surface area contributed by atoms with Crippen LogP contribution >= 0.6 is 12.2 Å². The van der Waals surface area contributed by atoms with Gasteiger partial charge in [-0.2, -0.15) is 0 Å². The molecule has 1 aromatic rings. The van der Waals surface area contributed by atoms with Gasteiger partial charge in [-0.25, -0.2) is 5.48 Å². The molecule has 2 unspecified atom stereocenters. The Balaban J connectivity index is 2.74. The van der Waals surface area contributed by atoms with Crippen LogP contribution in [0.15, 0.2) is 30.3 Å². The van der Waals surface area contributed by atoms with E-state index in [-0.39, 0.29) is 24.3 Å². The van der Waals surface area contributed by atoms with E-state index in [0.29, 0.717) is 18.0 Å². The Morgan fingerprint density at radius 2 is 1.49 bits per heavy atom. The molecule has 7 heteroatoms. The molecule has 37 heavy (non-hydrogen) atoms. The average Bonchev–Trinajstić information content (AvgIpc) is 2.92. The lowest BCUT2D eigenvalue weighted by atomic mass is 9.93. The predicted octanol–water partition coefficient (Wildman–Crippen LogP) is 7.19. The van der Waals surface area contributed by atoms with Gasteiger partial charge >= 0.3 is 0 Å². The van der Waals surface area contributed by atoms with Gasteiger partial charge in [-0.15, -0.1) is 0 Å². The summed E-state index contributed by atoms with van der Waals surface area (Å²) in [4.78, 5) is 28.1. The van der Waals surface area contributed by atoms with Gasteiger partial charge in [-0.05, 0) is 31.4 Å². The fourth-order valence-electron chi connectivity index (χ4n) is 4.67. The van der Waals surface area contributed by atoms with E-state index in [4.69, 9.17) is 17.4 Å². The van der Waals surface area contributed by atoms with Gasteiger partial charge in [-0.1, -0.05) is 122 Å². The molecule has 0 aliphatic heterocycles. The number of amides is 2. The molecular weight excluding hydrogens is 482 g/mol. The molecule has 0 saturated carbocycles. The van der Waals surface area contributed by atoms with Crippen LogP contribution in [0.4, 0.5) is 5.69 Å². The molecule has 0 heterocycles. The number of nitrogens with zero attached hydrogens (tertiary/aromatic N) is 1. The number of unbranched alkanes of at least 4 members (excludes halogenated alkanes) is 9. The van der Waals surface area contributed by atoms with Gasteiger partial charge < -0.3 is 10.2 Å². The van der Waals surface area contributed by atoms with Crippen LogP contribution in [0, 0.1) is 11.8 Å². The molecule has 0 radical (unpaired) electrons. The van der Waals surface area contributed by atoms with E-state index in [2.05, 4.69) is 31.0 Å². The molecule has 0 fully saturated rings. The van der Waals surface area contributed by atoms with E-state index in [1.165, 1.54) is 44.9 Å². The molecule has 0 aromatic heterocycles. The second-order valence-corrected chi connectivity index (χ2v) is 10.6. The lowest BCUT2D eigenvalue weighted by Crippen LogP contribution is -2.52. The van der Waals surface area contributed by atoms with E-state index in [1.54, 1.807) is 5.48 Å². The van der Waals surface area contributed by atoms with Crippen LogP contribution in [-0.2, 0) is 9.59 Å². The number of likely N-dealkylation sites (N-methyl/N-ethyl adjacent to an activating group) is 1. The molecule has 2 amide bonds. The molecule has 210 valence electrons. The summed E-state index contributed by atoms with van der Waals surface area (Å²) in [5.74, 6) is -1.06. The molecule has 1 rings (SSSR count). The summed E-state index contributed by atoms with van der Waals surface area (Å²) in [6.07, 6.45) is 13.6. The summed E-state index contributed by atoms with van der Waals surface area (Å²) >= 11 is 5.91. The van der Waals surface area contributed by atoms with E-state index in [1.807, 2.05) is 37.3 Å². The van der Waals surface area contributed by atoms with Crippen molar-refractivity contribution in [3.05, 3.63) is 30.3 Å². The molecule has 6 nitrogen and oxygen atoms in total. The van der Waals surface area contributed by atoms with Crippen LogP contribution in [0.2, 0.25) is 0 Å². The fraction of sp³-hybridized carbons (Fsp3) is 0.700. The maximum atomic E-state index is 13.4. The van der Waals surface area contributed by atoms with E-state index >= 15 is 0 Å². The maximum Gasteiger partial charge on any atom is 0.244 e. The number of carbonyl (C=O) groups is 2. The summed E-state index contributed by atoms with van der Waals surface area (Å²) in [6, 6.07) is 9.65. The number of benzene rings is 1. The summed E-state index contributed by atoms with van der Waals surface area (Å²) < 4.78 is 0. The highest BCUT2D eigenvalue weighted by Gasteiger charge is 2.30. The van der Waals surface area contributed by atoms with E-state index in [9.17, 15) is 9.59 Å². The summed E-state index contributed by atoms with van der Waals surface area (Å²) in [5, 5.41) is 12.3. The van der Waals surface area contributed by atoms with E-state index < -0.39 is 11.8 Å². The number of thiocarbonyl (C=S) groups is 1. The minimum atomic E-state index is -0.533. The normalized spacial score (nSPS) is 13.4. The third kappa shape index (κ3) is 12.9. The standard InChI is InChI=1S/C30H51N3O3S/c1-5-8-9-10-11-12-13-14-15-17-20-25(23-27(34)32-36)29(35)31-28(24(4)6-2)30(37)33(7-3)26-21-18-16-19-22-26/h16,18-19,21-22,24-25,28,36H,5-15,17,20,23H2,1-4H3,(H,31,35)(H,32,34)/t24?,25?,28-/m0/s1. The van der Waals surface area contributed by atoms with Crippen LogP contribution in [0.3, 0.4) is 0 Å². The zero-order valence-corrected chi connectivity index (χ0v) is 24.5. The lowest BCUT2D eigenvalue weighted by Gasteiger charge is -2.33. The van der Waals surface area contributed by atoms with Crippen molar-refractivity contribution in [2.45, 2.75) is 117 Å². The highest BCUT2D eigenvalue weighted by molar-refractivity contribution is 7.80. The lowest BCUT2D eigenvalue weighted by molar-refractivity contribution is -0.135. The Morgan fingerprint density at radius 1 is 0.919 bits per heavy atom. The van der Waals surface area contributed by atoms with Crippen LogP contribution < -0.4 is 15.7 Å². The van der Waals surface area contributed by atoms with Crippen molar-refractivity contribution in [2.75, 3.05) is 11.4 Å². The molecule has 3 N–H and O–H groups in total. The number of rotatable bonds is 20. The van der Waals surface area contributed by atoms with Crippen LogP contribution in [0.5, 0.6) is 0 Å². The zero-order valence-electron chi connectivity index (χ0n) is 23.6. The topological polar surface area (TPSA) is 81.7 Å². The summed E-state index contributed by atoms with van der Waals surface area (Å²) in [7, 11) is 0. The molecule has 3 atom stereocenters. The van der Waals surface area contributed by atoms with Crippen LogP contribution in [-0.4, -0.2) is 34.6 Å². The van der Waals surface area contributed by atoms with Gasteiger partial charge in [-0.3, -0.25) is 14.8 Å². The highest BCUT2D eigenvalue weighted by Crippen LogP contribution is 2.22. The second kappa shape index (κ2) is 20.0. The SMILES string of the molecule is CCCCCCCCCCCCC(CC(=O)NO)C(=O)N[C@H](C(=S)N(CC)c1ccccc1)C(C)CC. The Kier molecular flexibility index (Phi) is 17.9. The number of nitrogens with one attached hydrogen (secondary N) is 2.